The Balaban J connectivity index is 2.06. The van der Waals surface area contributed by atoms with Crippen LogP contribution in [0.4, 0.5) is 4.79 Å². The van der Waals surface area contributed by atoms with Crippen LogP contribution >= 0.6 is 0 Å². The van der Waals surface area contributed by atoms with Gasteiger partial charge in [-0.15, -0.1) is 0 Å². The van der Waals surface area contributed by atoms with E-state index in [0.717, 1.165) is 51.6 Å². The summed E-state index contributed by atoms with van der Waals surface area (Å²) in [6.45, 7) is 2.76. The Morgan fingerprint density at radius 3 is 2.43 bits per heavy atom. The Kier molecular flexibility index (Phi) is 8.12. The minimum atomic E-state index is -0.733. The van der Waals surface area contributed by atoms with Crippen LogP contribution in [-0.2, 0) is 4.79 Å². The predicted octanol–water partition coefficient (Wildman–Crippen LogP) is 1.76. The highest BCUT2D eigenvalue weighted by atomic mass is 16.4. The maximum absolute atomic E-state index is 12.0. The number of carboxylic acid groups (broad SMARTS) is 1. The first kappa shape index (κ1) is 17.8. The predicted molar refractivity (Wildman–Crippen MR) is 82.4 cm³/mol. The number of urea groups is 1. The van der Waals surface area contributed by atoms with Crippen molar-refractivity contribution in [2.45, 2.75) is 51.0 Å². The van der Waals surface area contributed by atoms with Crippen molar-refractivity contribution < 1.29 is 14.7 Å². The number of aliphatic carboxylic acids is 1. The summed E-state index contributed by atoms with van der Waals surface area (Å²) >= 11 is 0. The van der Waals surface area contributed by atoms with Crippen LogP contribution < -0.4 is 5.32 Å². The van der Waals surface area contributed by atoms with Crippen LogP contribution in [0.3, 0.4) is 0 Å². The smallest absolute Gasteiger partial charge is 0.317 e. The fourth-order valence-corrected chi connectivity index (χ4v) is 2.62. The molecule has 1 saturated heterocycles. The molecule has 0 bridgehead atoms. The molecule has 1 aliphatic rings. The van der Waals surface area contributed by atoms with Gasteiger partial charge in [0, 0.05) is 26.1 Å². The van der Waals surface area contributed by atoms with E-state index in [9.17, 15) is 9.59 Å². The first-order valence-corrected chi connectivity index (χ1v) is 7.91. The number of nitrogens with zero attached hydrogens (tertiary/aromatic N) is 2. The van der Waals surface area contributed by atoms with Crippen LogP contribution in [0.5, 0.6) is 0 Å². The van der Waals surface area contributed by atoms with E-state index in [1.165, 1.54) is 0 Å². The zero-order valence-electron chi connectivity index (χ0n) is 13.3. The number of likely N-dealkylation sites (tertiary alicyclic amines) is 1. The monoisotopic (exact) mass is 299 g/mol. The molecule has 0 atom stereocenters. The van der Waals surface area contributed by atoms with Crippen molar-refractivity contribution in [3.8, 4) is 0 Å². The molecule has 6 nitrogen and oxygen atoms in total. The summed E-state index contributed by atoms with van der Waals surface area (Å²) < 4.78 is 0. The van der Waals surface area contributed by atoms with Gasteiger partial charge in [-0.1, -0.05) is 12.8 Å². The SMILES string of the molecule is CN1CCC(N(C)C(=O)NCCCCCCC(=O)O)CC1. The molecule has 0 aliphatic carbocycles. The molecule has 122 valence electrons. The van der Waals surface area contributed by atoms with Gasteiger partial charge in [-0.2, -0.15) is 0 Å². The quantitative estimate of drug-likeness (QED) is 0.670. The molecule has 2 N–H and O–H groups in total. The van der Waals surface area contributed by atoms with E-state index in [-0.39, 0.29) is 12.5 Å². The number of unbranched alkanes of at least 4 members (excludes halogenated alkanes) is 3. The highest BCUT2D eigenvalue weighted by Crippen LogP contribution is 2.14. The van der Waals surface area contributed by atoms with Gasteiger partial charge in [0.1, 0.15) is 0 Å². The second kappa shape index (κ2) is 9.60. The van der Waals surface area contributed by atoms with Crippen molar-refractivity contribution in [1.29, 1.82) is 0 Å². The van der Waals surface area contributed by atoms with E-state index >= 15 is 0 Å². The highest BCUT2D eigenvalue weighted by molar-refractivity contribution is 5.74. The van der Waals surface area contributed by atoms with Gasteiger partial charge in [0.25, 0.3) is 0 Å². The summed E-state index contributed by atoms with van der Waals surface area (Å²) in [4.78, 5) is 26.5. The number of amides is 2. The van der Waals surface area contributed by atoms with Gasteiger partial charge in [-0.05, 0) is 45.8 Å². The summed E-state index contributed by atoms with van der Waals surface area (Å²) in [5.41, 5.74) is 0. The van der Waals surface area contributed by atoms with E-state index in [2.05, 4.69) is 17.3 Å². The number of carbonyl (C=O) groups excluding carboxylic acids is 1. The van der Waals surface area contributed by atoms with E-state index < -0.39 is 5.97 Å². The summed E-state index contributed by atoms with van der Waals surface area (Å²) in [6.07, 6.45) is 5.82. The van der Waals surface area contributed by atoms with Gasteiger partial charge in [-0.25, -0.2) is 4.79 Å². The zero-order chi connectivity index (χ0) is 15.7. The van der Waals surface area contributed by atoms with Crippen molar-refractivity contribution in [3.05, 3.63) is 0 Å². The summed E-state index contributed by atoms with van der Waals surface area (Å²) in [5.74, 6) is -0.733. The molecule has 0 spiro atoms. The molecule has 2 amide bonds. The average Bonchev–Trinajstić information content (AvgIpc) is 2.45. The van der Waals surface area contributed by atoms with Crippen molar-refractivity contribution >= 4 is 12.0 Å². The topological polar surface area (TPSA) is 72.9 Å². The third kappa shape index (κ3) is 7.32. The maximum atomic E-state index is 12.0. The van der Waals surface area contributed by atoms with Gasteiger partial charge in [0.2, 0.25) is 0 Å². The number of carbonyl (C=O) groups is 2. The molecule has 0 aromatic rings. The Morgan fingerprint density at radius 2 is 1.81 bits per heavy atom. The Bertz CT molecular complexity index is 328. The lowest BCUT2D eigenvalue weighted by Gasteiger charge is -2.35. The average molecular weight is 299 g/mol. The minimum Gasteiger partial charge on any atom is -0.481 e. The van der Waals surface area contributed by atoms with Crippen LogP contribution in [0, 0.1) is 0 Å². The van der Waals surface area contributed by atoms with E-state index in [1.54, 1.807) is 0 Å². The molecule has 0 unspecified atom stereocenters. The van der Waals surface area contributed by atoms with Crippen LogP contribution in [0.15, 0.2) is 0 Å². The van der Waals surface area contributed by atoms with Gasteiger partial charge in [-0.3, -0.25) is 4.79 Å². The molecule has 0 aromatic carbocycles. The van der Waals surface area contributed by atoms with Crippen molar-refractivity contribution in [2.24, 2.45) is 0 Å². The molecule has 1 aliphatic heterocycles. The molecule has 1 rings (SSSR count). The first-order valence-electron chi connectivity index (χ1n) is 7.91. The number of hydrogen-bond acceptors (Lipinski definition) is 3. The number of hydrogen-bond donors (Lipinski definition) is 2. The zero-order valence-corrected chi connectivity index (χ0v) is 13.3. The summed E-state index contributed by atoms with van der Waals surface area (Å²) in [7, 11) is 3.98. The maximum Gasteiger partial charge on any atom is 0.317 e. The van der Waals surface area contributed by atoms with Crippen LogP contribution in [0.25, 0.3) is 0 Å². The second-order valence-electron chi connectivity index (χ2n) is 5.94. The number of nitrogens with one attached hydrogen (secondary N) is 1. The third-order valence-electron chi connectivity index (χ3n) is 4.15. The standard InChI is InChI=1S/C15H29N3O3/c1-17-11-8-13(9-12-17)18(2)15(21)16-10-6-4-3-5-7-14(19)20/h13H,3-12H2,1-2H3,(H,16,21)(H,19,20). The van der Waals surface area contributed by atoms with Gasteiger partial charge >= 0.3 is 12.0 Å². The fraction of sp³-hybridized carbons (Fsp3) is 0.867. The largest absolute Gasteiger partial charge is 0.481 e. The molecular formula is C15H29N3O3. The van der Waals surface area contributed by atoms with Crippen LogP contribution in [-0.4, -0.2) is 66.7 Å². The van der Waals surface area contributed by atoms with Gasteiger partial charge < -0.3 is 20.2 Å². The van der Waals surface area contributed by atoms with Gasteiger partial charge in [0.15, 0.2) is 0 Å². The Morgan fingerprint density at radius 1 is 1.19 bits per heavy atom. The van der Waals surface area contributed by atoms with E-state index in [1.807, 2.05) is 11.9 Å². The van der Waals surface area contributed by atoms with E-state index in [4.69, 9.17) is 5.11 Å². The molecule has 0 saturated carbocycles. The molecule has 1 heterocycles. The van der Waals surface area contributed by atoms with Crippen LogP contribution in [0.2, 0.25) is 0 Å². The van der Waals surface area contributed by atoms with Crippen LogP contribution in [0.1, 0.15) is 44.9 Å². The molecule has 6 heteroatoms. The molecule has 0 aromatic heterocycles. The summed E-state index contributed by atoms with van der Waals surface area (Å²) in [5, 5.41) is 11.5. The number of piperidine rings is 1. The number of rotatable bonds is 8. The fourth-order valence-electron chi connectivity index (χ4n) is 2.62. The lowest BCUT2D eigenvalue weighted by molar-refractivity contribution is -0.137. The van der Waals surface area contributed by atoms with Crippen molar-refractivity contribution in [3.63, 3.8) is 0 Å². The first-order chi connectivity index (χ1) is 10.0. The van der Waals surface area contributed by atoms with Crippen molar-refractivity contribution in [2.75, 3.05) is 33.7 Å². The molecular weight excluding hydrogens is 270 g/mol. The van der Waals surface area contributed by atoms with Crippen molar-refractivity contribution in [1.82, 2.24) is 15.1 Å². The highest BCUT2D eigenvalue weighted by Gasteiger charge is 2.23. The lowest BCUT2D eigenvalue weighted by atomic mass is 10.0. The van der Waals surface area contributed by atoms with Gasteiger partial charge in [0.05, 0.1) is 0 Å². The second-order valence-corrected chi connectivity index (χ2v) is 5.94. The molecule has 1 fully saturated rings. The molecule has 21 heavy (non-hydrogen) atoms. The number of carboxylic acids is 1. The third-order valence-corrected chi connectivity index (χ3v) is 4.15. The normalized spacial score (nSPS) is 16.7. The lowest BCUT2D eigenvalue weighted by Crippen LogP contribution is -2.48. The minimum absolute atomic E-state index is 0.00934. The Hall–Kier alpha value is -1.30. The Labute approximate surface area is 127 Å². The molecule has 0 radical (unpaired) electrons. The summed E-state index contributed by atoms with van der Waals surface area (Å²) in [6, 6.07) is 0.354. The van der Waals surface area contributed by atoms with E-state index in [0.29, 0.717) is 12.6 Å².